The van der Waals surface area contributed by atoms with Crippen molar-refractivity contribution in [3.63, 3.8) is 0 Å². The summed E-state index contributed by atoms with van der Waals surface area (Å²) in [6, 6.07) is 4.41. The van der Waals surface area contributed by atoms with Gasteiger partial charge < -0.3 is 15.1 Å². The van der Waals surface area contributed by atoms with Gasteiger partial charge >= 0.3 is 6.18 Å². The first-order valence-electron chi connectivity index (χ1n) is 9.33. The van der Waals surface area contributed by atoms with E-state index in [1.165, 1.54) is 11.3 Å². The number of piperazine rings is 1. The Balaban J connectivity index is 1.42. The normalized spacial score (nSPS) is 14.7. The van der Waals surface area contributed by atoms with Crippen LogP contribution in [0, 0.1) is 0 Å². The molecule has 0 aromatic carbocycles. The molecule has 2 amide bonds. The van der Waals surface area contributed by atoms with Crippen LogP contribution in [0.15, 0.2) is 29.8 Å². The molecule has 3 rings (SSSR count). The van der Waals surface area contributed by atoms with Gasteiger partial charge in [-0.15, -0.1) is 11.3 Å². The molecule has 0 unspecified atom stereocenters. The van der Waals surface area contributed by atoms with Gasteiger partial charge in [0.15, 0.2) is 0 Å². The minimum Gasteiger partial charge on any atom is -0.352 e. The van der Waals surface area contributed by atoms with Crippen LogP contribution < -0.4 is 10.2 Å². The number of alkyl halides is 3. The molecule has 11 heteroatoms. The summed E-state index contributed by atoms with van der Waals surface area (Å²) in [4.78, 5) is 32.2. The van der Waals surface area contributed by atoms with E-state index in [0.29, 0.717) is 50.4 Å². The van der Waals surface area contributed by atoms with Gasteiger partial charge in [-0.2, -0.15) is 13.2 Å². The first kappa shape index (κ1) is 22.4. The van der Waals surface area contributed by atoms with Crippen molar-refractivity contribution in [3.05, 3.63) is 45.2 Å². The van der Waals surface area contributed by atoms with E-state index < -0.39 is 11.7 Å². The molecule has 3 heterocycles. The third kappa shape index (κ3) is 5.63. The van der Waals surface area contributed by atoms with Gasteiger partial charge in [0.2, 0.25) is 5.91 Å². The third-order valence-electron chi connectivity index (χ3n) is 4.68. The predicted molar refractivity (Wildman–Crippen MR) is 109 cm³/mol. The lowest BCUT2D eigenvalue weighted by Gasteiger charge is -2.36. The van der Waals surface area contributed by atoms with E-state index in [2.05, 4.69) is 10.3 Å². The van der Waals surface area contributed by atoms with E-state index in [4.69, 9.17) is 11.6 Å². The first-order chi connectivity index (χ1) is 14.3. The Morgan fingerprint density at radius 2 is 1.97 bits per heavy atom. The van der Waals surface area contributed by atoms with Crippen LogP contribution in [0.3, 0.4) is 0 Å². The molecule has 0 saturated carbocycles. The molecule has 0 atom stereocenters. The summed E-state index contributed by atoms with van der Waals surface area (Å²) in [6.07, 6.45) is -2.89. The molecular weight excluding hydrogens is 441 g/mol. The van der Waals surface area contributed by atoms with Crippen LogP contribution in [-0.4, -0.2) is 54.4 Å². The fraction of sp³-hybridized carbons (Fsp3) is 0.421. The number of thiophene rings is 1. The third-order valence-corrected chi connectivity index (χ3v) is 5.83. The minimum atomic E-state index is -4.50. The second-order valence-corrected chi connectivity index (χ2v) is 8.09. The second-order valence-electron chi connectivity index (χ2n) is 6.73. The molecule has 1 N–H and O–H groups in total. The van der Waals surface area contributed by atoms with Gasteiger partial charge in [0, 0.05) is 45.3 Å². The largest absolute Gasteiger partial charge is 0.417 e. The Labute approximate surface area is 180 Å². The summed E-state index contributed by atoms with van der Waals surface area (Å²) in [7, 11) is 0. The fourth-order valence-corrected chi connectivity index (χ4v) is 4.01. The molecule has 2 aromatic rings. The average Bonchev–Trinajstić information content (AvgIpc) is 3.25. The van der Waals surface area contributed by atoms with Crippen molar-refractivity contribution < 1.29 is 22.8 Å². The van der Waals surface area contributed by atoms with Gasteiger partial charge in [-0.05, 0) is 23.9 Å². The topological polar surface area (TPSA) is 65.5 Å². The average molecular weight is 461 g/mol. The van der Waals surface area contributed by atoms with Gasteiger partial charge in [-0.25, -0.2) is 4.98 Å². The molecule has 0 spiro atoms. The van der Waals surface area contributed by atoms with Crippen molar-refractivity contribution in [2.45, 2.75) is 19.0 Å². The SMILES string of the molecule is O=C(NCCCC(=O)N1CCN(c2ncc(C(F)(F)F)cc2Cl)CC1)c1cccs1. The fourth-order valence-electron chi connectivity index (χ4n) is 3.08. The molecule has 0 aliphatic carbocycles. The number of hydrogen-bond acceptors (Lipinski definition) is 5. The molecule has 162 valence electrons. The van der Waals surface area contributed by atoms with Crippen molar-refractivity contribution in [1.29, 1.82) is 0 Å². The van der Waals surface area contributed by atoms with E-state index >= 15 is 0 Å². The first-order valence-corrected chi connectivity index (χ1v) is 10.6. The van der Waals surface area contributed by atoms with E-state index in [-0.39, 0.29) is 22.7 Å². The van der Waals surface area contributed by atoms with Crippen LogP contribution in [0.4, 0.5) is 19.0 Å². The lowest BCUT2D eigenvalue weighted by molar-refractivity contribution is -0.137. The van der Waals surface area contributed by atoms with Gasteiger partial charge in [-0.1, -0.05) is 17.7 Å². The monoisotopic (exact) mass is 460 g/mol. The highest BCUT2D eigenvalue weighted by molar-refractivity contribution is 7.12. The Bertz CT molecular complexity index is 884. The van der Waals surface area contributed by atoms with Crippen LogP contribution in [0.5, 0.6) is 0 Å². The maximum Gasteiger partial charge on any atom is 0.417 e. The lowest BCUT2D eigenvalue weighted by atomic mass is 10.2. The van der Waals surface area contributed by atoms with Gasteiger partial charge in [-0.3, -0.25) is 9.59 Å². The van der Waals surface area contributed by atoms with E-state index in [1.54, 1.807) is 21.9 Å². The molecule has 1 aliphatic heterocycles. The zero-order valence-electron chi connectivity index (χ0n) is 15.9. The zero-order valence-corrected chi connectivity index (χ0v) is 17.5. The highest BCUT2D eigenvalue weighted by Crippen LogP contribution is 2.33. The quantitative estimate of drug-likeness (QED) is 0.668. The molecule has 1 saturated heterocycles. The molecule has 6 nitrogen and oxygen atoms in total. The van der Waals surface area contributed by atoms with Gasteiger partial charge in [0.1, 0.15) is 5.82 Å². The Morgan fingerprint density at radius 3 is 2.57 bits per heavy atom. The molecule has 0 radical (unpaired) electrons. The van der Waals surface area contributed by atoms with E-state index in [9.17, 15) is 22.8 Å². The predicted octanol–water partition coefficient (Wildman–Crippen LogP) is 3.67. The van der Waals surface area contributed by atoms with Crippen LogP contribution >= 0.6 is 22.9 Å². The Hall–Kier alpha value is -2.33. The standard InChI is InChI=1S/C19H20ClF3N4O2S/c20-14-11-13(19(21,22)23)12-25-17(14)27-8-6-26(7-9-27)16(28)4-1-5-24-18(29)15-3-2-10-30-15/h2-3,10-12H,1,4-9H2,(H,24,29). The van der Waals surface area contributed by atoms with Crippen LogP contribution in [-0.2, 0) is 11.0 Å². The van der Waals surface area contributed by atoms with Crippen LogP contribution in [0.25, 0.3) is 0 Å². The molecule has 1 fully saturated rings. The van der Waals surface area contributed by atoms with E-state index in [0.717, 1.165) is 12.3 Å². The highest BCUT2D eigenvalue weighted by Gasteiger charge is 2.32. The number of rotatable bonds is 6. The molecule has 30 heavy (non-hydrogen) atoms. The maximum absolute atomic E-state index is 12.7. The van der Waals surface area contributed by atoms with Crippen molar-refractivity contribution in [2.24, 2.45) is 0 Å². The number of anilines is 1. The van der Waals surface area contributed by atoms with Crippen molar-refractivity contribution in [3.8, 4) is 0 Å². The minimum absolute atomic E-state index is 0.0218. The number of amides is 2. The maximum atomic E-state index is 12.7. The van der Waals surface area contributed by atoms with Crippen LogP contribution in [0.1, 0.15) is 28.1 Å². The van der Waals surface area contributed by atoms with Crippen LogP contribution in [0.2, 0.25) is 5.02 Å². The lowest BCUT2D eigenvalue weighted by Crippen LogP contribution is -2.49. The summed E-state index contributed by atoms with van der Waals surface area (Å²) in [5, 5.41) is 4.54. The number of carbonyl (C=O) groups is 2. The Morgan fingerprint density at radius 1 is 1.23 bits per heavy atom. The van der Waals surface area contributed by atoms with Crippen molar-refractivity contribution in [1.82, 2.24) is 15.2 Å². The second kappa shape index (κ2) is 9.65. The molecule has 0 bridgehead atoms. The summed E-state index contributed by atoms with van der Waals surface area (Å²) in [6.45, 7) is 2.13. The molecular formula is C19H20ClF3N4O2S. The van der Waals surface area contributed by atoms with Crippen molar-refractivity contribution in [2.75, 3.05) is 37.6 Å². The van der Waals surface area contributed by atoms with E-state index in [1.807, 2.05) is 5.38 Å². The highest BCUT2D eigenvalue weighted by atomic mass is 35.5. The number of nitrogens with one attached hydrogen (secondary N) is 1. The summed E-state index contributed by atoms with van der Waals surface area (Å²) in [5.41, 5.74) is -0.892. The van der Waals surface area contributed by atoms with Gasteiger partial charge in [0.05, 0.1) is 15.5 Å². The summed E-state index contributed by atoms with van der Waals surface area (Å²) in [5.74, 6) is 0.117. The number of carbonyl (C=O) groups excluding carboxylic acids is 2. The van der Waals surface area contributed by atoms with Gasteiger partial charge in [0.25, 0.3) is 5.91 Å². The van der Waals surface area contributed by atoms with Crippen molar-refractivity contribution >= 4 is 40.6 Å². The number of halogens is 4. The smallest absolute Gasteiger partial charge is 0.352 e. The summed E-state index contributed by atoms with van der Waals surface area (Å²) >= 11 is 7.35. The molecule has 1 aliphatic rings. The zero-order chi connectivity index (χ0) is 21.7. The summed E-state index contributed by atoms with van der Waals surface area (Å²) < 4.78 is 38.2. The number of pyridine rings is 1. The number of aromatic nitrogens is 1. The Kier molecular flexibility index (Phi) is 7.19. The number of hydrogen-bond donors (Lipinski definition) is 1. The molecule has 2 aromatic heterocycles. The number of nitrogens with zero attached hydrogens (tertiary/aromatic N) is 3.